The van der Waals surface area contributed by atoms with E-state index in [2.05, 4.69) is 52.7 Å². The molecular formula is C15H29N5. The van der Waals surface area contributed by atoms with Crippen LogP contribution in [0.2, 0.25) is 0 Å². The Morgan fingerprint density at radius 3 is 2.80 bits per heavy atom. The zero-order valence-corrected chi connectivity index (χ0v) is 13.3. The second-order valence-corrected chi connectivity index (χ2v) is 6.04. The van der Waals surface area contributed by atoms with E-state index in [0.29, 0.717) is 12.1 Å². The fourth-order valence-corrected chi connectivity index (χ4v) is 2.94. The Morgan fingerprint density at radius 2 is 2.15 bits per heavy atom. The molecule has 1 aromatic heterocycles. The van der Waals surface area contributed by atoms with Gasteiger partial charge in [-0.25, -0.2) is 4.98 Å². The second kappa shape index (κ2) is 7.20. The Morgan fingerprint density at radius 1 is 1.35 bits per heavy atom. The molecule has 2 heterocycles. The van der Waals surface area contributed by atoms with E-state index >= 15 is 0 Å². The lowest BCUT2D eigenvalue weighted by molar-refractivity contribution is 0.0999. The molecule has 1 saturated heterocycles. The van der Waals surface area contributed by atoms with Gasteiger partial charge in [0, 0.05) is 45.1 Å². The highest BCUT2D eigenvalue weighted by Gasteiger charge is 2.27. The molecule has 5 heteroatoms. The minimum Gasteiger partial charge on any atom is -0.337 e. The van der Waals surface area contributed by atoms with Crippen LogP contribution < -0.4 is 5.32 Å². The number of aryl methyl sites for hydroxylation is 1. The van der Waals surface area contributed by atoms with E-state index in [1.807, 2.05) is 12.4 Å². The molecule has 2 unspecified atom stereocenters. The van der Waals surface area contributed by atoms with Gasteiger partial charge in [-0.1, -0.05) is 6.92 Å². The molecule has 5 nitrogen and oxygen atoms in total. The van der Waals surface area contributed by atoms with Crippen LogP contribution in [0.25, 0.3) is 0 Å². The second-order valence-electron chi connectivity index (χ2n) is 6.04. The highest BCUT2D eigenvalue weighted by atomic mass is 15.3. The smallest absolute Gasteiger partial charge is 0.125 e. The van der Waals surface area contributed by atoms with Gasteiger partial charge in [0.05, 0.1) is 6.04 Å². The molecule has 0 spiro atoms. The molecule has 114 valence electrons. The van der Waals surface area contributed by atoms with Crippen molar-refractivity contribution in [3.8, 4) is 0 Å². The summed E-state index contributed by atoms with van der Waals surface area (Å²) in [6.07, 6.45) is 6.20. The van der Waals surface area contributed by atoms with Crippen molar-refractivity contribution in [3.63, 3.8) is 0 Å². The average molecular weight is 279 g/mol. The van der Waals surface area contributed by atoms with Gasteiger partial charge in [-0.05, 0) is 33.5 Å². The van der Waals surface area contributed by atoms with Crippen LogP contribution in [0.1, 0.15) is 31.6 Å². The van der Waals surface area contributed by atoms with Crippen molar-refractivity contribution < 1.29 is 0 Å². The van der Waals surface area contributed by atoms with Crippen LogP contribution in [0.15, 0.2) is 12.4 Å². The zero-order chi connectivity index (χ0) is 14.5. The minimum absolute atomic E-state index is 0.342. The third-order valence-electron chi connectivity index (χ3n) is 4.30. The van der Waals surface area contributed by atoms with Crippen LogP contribution in [0.5, 0.6) is 0 Å². The zero-order valence-electron chi connectivity index (χ0n) is 13.3. The van der Waals surface area contributed by atoms with E-state index < -0.39 is 0 Å². The van der Waals surface area contributed by atoms with Gasteiger partial charge >= 0.3 is 0 Å². The number of likely N-dealkylation sites (N-methyl/N-ethyl adjacent to an activating group) is 2. The van der Waals surface area contributed by atoms with Gasteiger partial charge in [-0.15, -0.1) is 0 Å². The summed E-state index contributed by atoms with van der Waals surface area (Å²) in [6, 6.07) is 0.939. The monoisotopic (exact) mass is 279 g/mol. The molecule has 20 heavy (non-hydrogen) atoms. The minimum atomic E-state index is 0.342. The normalized spacial score (nSPS) is 23.1. The van der Waals surface area contributed by atoms with E-state index in [4.69, 9.17) is 0 Å². The standard InChI is InChI=1S/C15H29N5/c1-5-6-16-14(15-17-7-8-20(15)4)11-13-12-18(2)9-10-19(13)3/h7-8,13-14,16H,5-6,9-12H2,1-4H3. The number of aromatic nitrogens is 2. The molecule has 1 aliphatic rings. The molecule has 1 fully saturated rings. The van der Waals surface area contributed by atoms with Gasteiger partial charge in [0.1, 0.15) is 5.82 Å². The van der Waals surface area contributed by atoms with Crippen molar-refractivity contribution in [3.05, 3.63) is 18.2 Å². The van der Waals surface area contributed by atoms with Crippen LogP contribution in [0.3, 0.4) is 0 Å². The first-order valence-corrected chi connectivity index (χ1v) is 7.71. The number of rotatable bonds is 6. The molecule has 0 saturated carbocycles. The molecular weight excluding hydrogens is 250 g/mol. The molecule has 1 aliphatic heterocycles. The van der Waals surface area contributed by atoms with Crippen LogP contribution >= 0.6 is 0 Å². The number of piperazine rings is 1. The first kappa shape index (κ1) is 15.5. The molecule has 0 bridgehead atoms. The number of nitrogens with one attached hydrogen (secondary N) is 1. The van der Waals surface area contributed by atoms with Gasteiger partial charge in [-0.3, -0.25) is 0 Å². The largest absolute Gasteiger partial charge is 0.337 e. The summed E-state index contributed by atoms with van der Waals surface area (Å²) in [7, 11) is 6.54. The fraction of sp³-hybridized carbons (Fsp3) is 0.800. The molecule has 0 radical (unpaired) electrons. The molecule has 2 rings (SSSR count). The fourth-order valence-electron chi connectivity index (χ4n) is 2.94. The first-order chi connectivity index (χ1) is 9.61. The van der Waals surface area contributed by atoms with Crippen molar-refractivity contribution in [1.82, 2.24) is 24.7 Å². The van der Waals surface area contributed by atoms with E-state index in [1.165, 1.54) is 6.54 Å². The Bertz CT molecular complexity index is 403. The Balaban J connectivity index is 2.05. The molecule has 0 amide bonds. The Hall–Kier alpha value is -0.910. The highest BCUT2D eigenvalue weighted by Crippen LogP contribution is 2.21. The summed E-state index contributed by atoms with van der Waals surface area (Å²) >= 11 is 0. The van der Waals surface area contributed by atoms with Gasteiger partial charge in [0.15, 0.2) is 0 Å². The lowest BCUT2D eigenvalue weighted by atomic mass is 10.0. The van der Waals surface area contributed by atoms with Crippen LogP contribution in [0.4, 0.5) is 0 Å². The van der Waals surface area contributed by atoms with Crippen molar-refractivity contribution in [2.24, 2.45) is 7.05 Å². The molecule has 1 aromatic rings. The maximum Gasteiger partial charge on any atom is 0.125 e. The third-order valence-corrected chi connectivity index (χ3v) is 4.30. The van der Waals surface area contributed by atoms with Gasteiger partial charge in [0.2, 0.25) is 0 Å². The number of nitrogens with zero attached hydrogens (tertiary/aromatic N) is 4. The predicted octanol–water partition coefficient (Wildman–Crippen LogP) is 1.10. The van der Waals surface area contributed by atoms with Crippen molar-refractivity contribution >= 4 is 0 Å². The quantitative estimate of drug-likeness (QED) is 0.846. The molecule has 2 atom stereocenters. The molecule has 0 aliphatic carbocycles. The van der Waals surface area contributed by atoms with Crippen molar-refractivity contribution in [1.29, 1.82) is 0 Å². The molecule has 1 N–H and O–H groups in total. The topological polar surface area (TPSA) is 36.3 Å². The van der Waals surface area contributed by atoms with E-state index in [0.717, 1.165) is 38.3 Å². The lowest BCUT2D eigenvalue weighted by Crippen LogP contribution is -2.51. The van der Waals surface area contributed by atoms with Crippen LogP contribution in [-0.2, 0) is 7.05 Å². The lowest BCUT2D eigenvalue weighted by Gasteiger charge is -2.39. The van der Waals surface area contributed by atoms with Gasteiger partial charge < -0.3 is 19.7 Å². The van der Waals surface area contributed by atoms with E-state index in [-0.39, 0.29) is 0 Å². The Labute approximate surface area is 123 Å². The third kappa shape index (κ3) is 3.81. The maximum atomic E-state index is 4.55. The predicted molar refractivity (Wildman–Crippen MR) is 82.8 cm³/mol. The number of hydrogen-bond acceptors (Lipinski definition) is 4. The first-order valence-electron chi connectivity index (χ1n) is 7.71. The van der Waals surface area contributed by atoms with E-state index in [1.54, 1.807) is 0 Å². The average Bonchev–Trinajstić information content (AvgIpc) is 2.84. The Kier molecular flexibility index (Phi) is 5.57. The highest BCUT2D eigenvalue weighted by molar-refractivity contribution is 5.00. The summed E-state index contributed by atoms with van der Waals surface area (Å²) in [5.41, 5.74) is 0. The van der Waals surface area contributed by atoms with E-state index in [9.17, 15) is 0 Å². The van der Waals surface area contributed by atoms with Gasteiger partial charge in [0.25, 0.3) is 0 Å². The number of imidazole rings is 1. The van der Waals surface area contributed by atoms with Crippen LogP contribution in [0, 0.1) is 0 Å². The summed E-state index contributed by atoms with van der Waals surface area (Å²) in [5.74, 6) is 1.15. The molecule has 0 aromatic carbocycles. The number of hydrogen-bond donors (Lipinski definition) is 1. The summed E-state index contributed by atoms with van der Waals surface area (Å²) in [6.45, 7) is 6.72. The SMILES string of the molecule is CCCNC(CC1CN(C)CCN1C)c1nccn1C. The van der Waals surface area contributed by atoms with Crippen molar-refractivity contribution in [2.75, 3.05) is 40.3 Å². The summed E-state index contributed by atoms with van der Waals surface area (Å²) in [4.78, 5) is 9.47. The van der Waals surface area contributed by atoms with Crippen molar-refractivity contribution in [2.45, 2.75) is 31.8 Å². The summed E-state index contributed by atoms with van der Waals surface area (Å²) in [5, 5.41) is 3.67. The van der Waals surface area contributed by atoms with Crippen LogP contribution in [-0.4, -0.2) is 65.7 Å². The maximum absolute atomic E-state index is 4.55. The van der Waals surface area contributed by atoms with Gasteiger partial charge in [-0.2, -0.15) is 0 Å². The summed E-state index contributed by atoms with van der Waals surface area (Å²) < 4.78 is 2.14.